The van der Waals surface area contributed by atoms with Crippen molar-refractivity contribution in [2.45, 2.75) is 13.8 Å². The van der Waals surface area contributed by atoms with E-state index >= 15 is 0 Å². The minimum Gasteiger partial charge on any atom is -0.310 e. The molecule has 59 heavy (non-hydrogen) atoms. The lowest BCUT2D eigenvalue weighted by molar-refractivity contribution is 1.29. The molecule has 0 N–H and O–H groups in total. The smallest absolute Gasteiger partial charge is 0.0468 e. The molecule has 0 saturated heterocycles. The predicted molar refractivity (Wildman–Crippen MR) is 256 cm³/mol. The van der Waals surface area contributed by atoms with Crippen LogP contribution in [0.1, 0.15) is 13.8 Å². The van der Waals surface area contributed by atoms with Crippen LogP contribution in [0.5, 0.6) is 0 Å². The Morgan fingerprint density at radius 1 is 0.237 bits per heavy atom. The largest absolute Gasteiger partial charge is 0.310 e. The van der Waals surface area contributed by atoms with Crippen molar-refractivity contribution < 1.29 is 0 Å². The number of fused-ring (bicyclic) bond motifs is 5. The highest BCUT2D eigenvalue weighted by atomic mass is 15.1. The van der Waals surface area contributed by atoms with Crippen LogP contribution in [-0.4, -0.2) is 0 Å². The van der Waals surface area contributed by atoms with Gasteiger partial charge in [0.15, 0.2) is 0 Å². The van der Waals surface area contributed by atoms with E-state index in [0.29, 0.717) is 0 Å². The van der Waals surface area contributed by atoms with Gasteiger partial charge in [-0.2, -0.15) is 0 Å². The Bertz CT molecular complexity index is 3290. The van der Waals surface area contributed by atoms with Gasteiger partial charge in [-0.15, -0.1) is 0 Å². The molecule has 280 valence electrons. The Kier molecular flexibility index (Phi) is 9.41. The summed E-state index contributed by atoms with van der Waals surface area (Å²) in [6, 6.07) is 82.3. The summed E-state index contributed by atoms with van der Waals surface area (Å²) in [7, 11) is 0. The molecule has 0 unspecified atom stereocenters. The van der Waals surface area contributed by atoms with E-state index < -0.39 is 0 Å². The van der Waals surface area contributed by atoms with Gasteiger partial charge < -0.3 is 4.90 Å². The van der Waals surface area contributed by atoms with Crippen molar-refractivity contribution in [3.8, 4) is 33.4 Å². The molecule has 0 aliphatic carbocycles. The molecular formula is C58H43N. The van der Waals surface area contributed by atoms with Crippen LogP contribution in [0.15, 0.2) is 224 Å². The first-order valence-corrected chi connectivity index (χ1v) is 20.7. The Labute approximate surface area is 346 Å². The number of anilines is 3. The summed E-state index contributed by atoms with van der Waals surface area (Å²) < 4.78 is 0. The first kappa shape index (κ1) is 35.9. The predicted octanol–water partition coefficient (Wildman–Crippen LogP) is 16.9. The normalized spacial score (nSPS) is 11.2. The molecule has 1 heteroatoms. The van der Waals surface area contributed by atoms with Crippen LogP contribution in [-0.2, 0) is 0 Å². The summed E-state index contributed by atoms with van der Waals surface area (Å²) >= 11 is 0. The number of benzene rings is 11. The molecule has 0 heterocycles. The summed E-state index contributed by atoms with van der Waals surface area (Å²) in [5.74, 6) is 0. The Morgan fingerprint density at radius 3 is 1.19 bits per heavy atom. The summed E-state index contributed by atoms with van der Waals surface area (Å²) in [5.41, 5.74) is 10.7. The van der Waals surface area contributed by atoms with Crippen LogP contribution >= 0.6 is 0 Å². The maximum absolute atomic E-state index is 2.43. The van der Waals surface area contributed by atoms with Crippen molar-refractivity contribution >= 4 is 70.9 Å². The van der Waals surface area contributed by atoms with Gasteiger partial charge >= 0.3 is 0 Å². The average molecular weight is 754 g/mol. The zero-order valence-corrected chi connectivity index (χ0v) is 33.3. The van der Waals surface area contributed by atoms with E-state index in [4.69, 9.17) is 0 Å². The summed E-state index contributed by atoms with van der Waals surface area (Å²) in [5, 5.41) is 12.3. The van der Waals surface area contributed by atoms with E-state index in [1.807, 2.05) is 13.8 Å². The topological polar surface area (TPSA) is 3.24 Å². The van der Waals surface area contributed by atoms with Gasteiger partial charge in [-0.25, -0.2) is 0 Å². The number of hydrogen-bond donors (Lipinski definition) is 0. The molecule has 0 aromatic heterocycles. The number of hydrogen-bond acceptors (Lipinski definition) is 1. The lowest BCUT2D eigenvalue weighted by atomic mass is 9.85. The highest BCUT2D eigenvalue weighted by Crippen LogP contribution is 2.47. The fourth-order valence-corrected chi connectivity index (χ4v) is 8.81. The molecule has 11 rings (SSSR count). The third kappa shape index (κ3) is 6.57. The molecule has 0 aliphatic heterocycles. The van der Waals surface area contributed by atoms with Gasteiger partial charge in [0.25, 0.3) is 0 Å². The van der Waals surface area contributed by atoms with Crippen molar-refractivity contribution in [3.05, 3.63) is 224 Å². The first-order valence-electron chi connectivity index (χ1n) is 20.7. The SMILES string of the molecule is CC.c1ccc(-c2ccc(N(c3ccc4ccccc4c3)c3ccc4c(-c5ccc6ccccc6c5)c5ccccc5c(-c5ccc6ccccc6c5)c4c3)cc2)cc1. The minimum atomic E-state index is 1.10. The lowest BCUT2D eigenvalue weighted by Crippen LogP contribution is -2.10. The maximum atomic E-state index is 2.43. The molecule has 1 nitrogen and oxygen atoms in total. The first-order chi connectivity index (χ1) is 29.2. The lowest BCUT2D eigenvalue weighted by Gasteiger charge is -2.27. The molecular weight excluding hydrogens is 711 g/mol. The monoisotopic (exact) mass is 753 g/mol. The highest BCUT2D eigenvalue weighted by Gasteiger charge is 2.21. The van der Waals surface area contributed by atoms with Crippen molar-refractivity contribution in [1.82, 2.24) is 0 Å². The molecule has 0 spiro atoms. The van der Waals surface area contributed by atoms with E-state index in [0.717, 1.165) is 17.1 Å². The van der Waals surface area contributed by atoms with E-state index in [9.17, 15) is 0 Å². The average Bonchev–Trinajstić information content (AvgIpc) is 3.31. The van der Waals surface area contributed by atoms with Crippen molar-refractivity contribution in [2.75, 3.05) is 4.90 Å². The molecule has 0 atom stereocenters. The third-order valence-corrected chi connectivity index (χ3v) is 11.6. The van der Waals surface area contributed by atoms with Crippen molar-refractivity contribution in [3.63, 3.8) is 0 Å². The second-order valence-electron chi connectivity index (χ2n) is 14.9. The fourth-order valence-electron chi connectivity index (χ4n) is 8.81. The molecule has 0 amide bonds. The van der Waals surface area contributed by atoms with E-state index in [1.165, 1.54) is 87.2 Å². The van der Waals surface area contributed by atoms with Crippen LogP contribution in [0, 0.1) is 0 Å². The minimum absolute atomic E-state index is 1.10. The second-order valence-corrected chi connectivity index (χ2v) is 14.9. The number of nitrogens with zero attached hydrogens (tertiary/aromatic N) is 1. The number of rotatable bonds is 6. The van der Waals surface area contributed by atoms with Gasteiger partial charge in [0.05, 0.1) is 0 Å². The van der Waals surface area contributed by atoms with Gasteiger partial charge in [-0.1, -0.05) is 190 Å². The summed E-state index contributed by atoms with van der Waals surface area (Å²) in [6.07, 6.45) is 0. The highest BCUT2D eigenvalue weighted by molar-refractivity contribution is 6.22. The Morgan fingerprint density at radius 2 is 0.610 bits per heavy atom. The quantitative estimate of drug-likeness (QED) is 0.153. The van der Waals surface area contributed by atoms with Crippen LogP contribution in [0.25, 0.3) is 87.2 Å². The Hall–Kier alpha value is -7.48. The van der Waals surface area contributed by atoms with Gasteiger partial charge in [0.2, 0.25) is 0 Å². The summed E-state index contributed by atoms with van der Waals surface area (Å²) in [4.78, 5) is 2.41. The van der Waals surface area contributed by atoms with Gasteiger partial charge in [0.1, 0.15) is 0 Å². The molecule has 0 saturated carbocycles. The molecule has 0 fully saturated rings. The second kappa shape index (κ2) is 15.5. The molecule has 11 aromatic carbocycles. The van der Waals surface area contributed by atoms with Crippen molar-refractivity contribution in [1.29, 1.82) is 0 Å². The standard InChI is InChI=1S/C56H37N.C2H6/c1-2-12-38(13-3-1)42-26-29-48(30-27-42)57(49-31-28-41-16-6-9-19-45(41)36-49)50-32-33-53-54(37-50)56(47-25-23-40-15-5-8-18-44(40)35-47)52-21-11-10-20-51(52)55(53)46-24-22-39-14-4-7-17-43(39)34-46;1-2/h1-37H;1-2H3. The van der Waals surface area contributed by atoms with E-state index in [1.54, 1.807) is 0 Å². The third-order valence-electron chi connectivity index (χ3n) is 11.6. The molecule has 0 bridgehead atoms. The summed E-state index contributed by atoms with van der Waals surface area (Å²) in [6.45, 7) is 4.00. The van der Waals surface area contributed by atoms with E-state index in [2.05, 4.69) is 229 Å². The van der Waals surface area contributed by atoms with Crippen LogP contribution < -0.4 is 4.90 Å². The van der Waals surface area contributed by atoms with Gasteiger partial charge in [-0.05, 0) is 136 Å². The van der Waals surface area contributed by atoms with Gasteiger partial charge in [-0.3, -0.25) is 0 Å². The molecule has 11 aromatic rings. The Balaban J connectivity index is 0.00000207. The molecule has 0 aliphatic rings. The zero-order valence-electron chi connectivity index (χ0n) is 33.3. The van der Waals surface area contributed by atoms with E-state index in [-0.39, 0.29) is 0 Å². The maximum Gasteiger partial charge on any atom is 0.0468 e. The van der Waals surface area contributed by atoms with Gasteiger partial charge in [0, 0.05) is 17.1 Å². The molecule has 0 radical (unpaired) electrons. The van der Waals surface area contributed by atoms with Crippen LogP contribution in [0.4, 0.5) is 17.1 Å². The van der Waals surface area contributed by atoms with Crippen molar-refractivity contribution in [2.24, 2.45) is 0 Å². The zero-order chi connectivity index (χ0) is 39.7. The van der Waals surface area contributed by atoms with Crippen LogP contribution in [0.3, 0.4) is 0 Å². The fraction of sp³-hybridized carbons (Fsp3) is 0.0345. The van der Waals surface area contributed by atoms with Crippen LogP contribution in [0.2, 0.25) is 0 Å².